The Kier molecular flexibility index (Phi) is 1.53. The molecular weight excluding hydrogens is 162 g/mol. The number of para-hydroxylation sites is 2. The zero-order valence-corrected chi connectivity index (χ0v) is 6.11. The number of rotatable bonds is 1. The average Bonchev–Trinajstić information content (AvgIpc) is 2.47. The van der Waals surface area contributed by atoms with Crippen molar-refractivity contribution in [2.24, 2.45) is 0 Å². The van der Waals surface area contributed by atoms with Crippen LogP contribution < -0.4 is 0 Å². The van der Waals surface area contributed by atoms with Crippen molar-refractivity contribution in [3.05, 3.63) is 30.6 Å². The maximum atomic E-state index is 12.3. The third-order valence-corrected chi connectivity index (χ3v) is 1.69. The molecule has 0 N–H and O–H groups in total. The topological polar surface area (TPSA) is 17.8 Å². The molecule has 0 bridgehead atoms. The summed E-state index contributed by atoms with van der Waals surface area (Å²) in [4.78, 5) is 3.82. The van der Waals surface area contributed by atoms with Gasteiger partial charge in [0.1, 0.15) is 6.33 Å². The number of fused-ring (bicyclic) bond motifs is 1. The Balaban J connectivity index is 2.70. The highest BCUT2D eigenvalue weighted by molar-refractivity contribution is 5.74. The van der Waals surface area contributed by atoms with E-state index in [4.69, 9.17) is 0 Å². The van der Waals surface area contributed by atoms with Gasteiger partial charge < -0.3 is 0 Å². The molecule has 0 saturated heterocycles. The van der Waals surface area contributed by atoms with Gasteiger partial charge in [0.15, 0.2) is 0 Å². The summed E-state index contributed by atoms with van der Waals surface area (Å²) in [7, 11) is 0. The van der Waals surface area contributed by atoms with Crippen molar-refractivity contribution >= 4 is 11.0 Å². The van der Waals surface area contributed by atoms with Crippen LogP contribution in [0.15, 0.2) is 30.6 Å². The lowest BCUT2D eigenvalue weighted by Gasteiger charge is -1.99. The fraction of sp³-hybridized carbons (Fsp3) is 0.125. The largest absolute Gasteiger partial charge is 0.320 e. The van der Waals surface area contributed by atoms with Crippen LogP contribution in [0.25, 0.3) is 11.0 Å². The molecule has 0 fully saturated rings. The minimum Gasteiger partial charge on any atom is -0.273 e. The minimum atomic E-state index is -2.52. The molecule has 0 radical (unpaired) electrons. The molecule has 62 valence electrons. The van der Waals surface area contributed by atoms with Gasteiger partial charge in [-0.1, -0.05) is 12.1 Å². The van der Waals surface area contributed by atoms with Gasteiger partial charge in [-0.05, 0) is 12.1 Å². The van der Waals surface area contributed by atoms with E-state index >= 15 is 0 Å². The van der Waals surface area contributed by atoms with Crippen molar-refractivity contribution in [3.8, 4) is 0 Å². The summed E-state index contributed by atoms with van der Waals surface area (Å²) in [5, 5.41) is 0. The standard InChI is InChI=1S/C8H6F2N2/c9-8(10)12-5-11-6-3-1-2-4-7(6)12/h1-5,8H. The number of hydrogen-bond donors (Lipinski definition) is 0. The summed E-state index contributed by atoms with van der Waals surface area (Å²) in [5.41, 5.74) is 1.06. The molecule has 0 atom stereocenters. The molecule has 0 aliphatic carbocycles. The molecule has 4 heteroatoms. The van der Waals surface area contributed by atoms with Gasteiger partial charge in [-0.3, -0.25) is 4.57 Å². The smallest absolute Gasteiger partial charge is 0.273 e. The van der Waals surface area contributed by atoms with Gasteiger partial charge in [-0.15, -0.1) is 0 Å². The van der Waals surface area contributed by atoms with Crippen molar-refractivity contribution in [2.75, 3.05) is 0 Å². The van der Waals surface area contributed by atoms with Gasteiger partial charge in [0.2, 0.25) is 0 Å². The second-order valence-electron chi connectivity index (χ2n) is 2.42. The first kappa shape index (κ1) is 7.21. The fourth-order valence-electron chi connectivity index (χ4n) is 1.13. The Morgan fingerprint density at radius 1 is 1.25 bits per heavy atom. The second kappa shape index (κ2) is 2.55. The zero-order valence-electron chi connectivity index (χ0n) is 6.11. The van der Waals surface area contributed by atoms with Crippen molar-refractivity contribution in [1.82, 2.24) is 9.55 Å². The molecule has 12 heavy (non-hydrogen) atoms. The molecule has 1 heterocycles. The molecule has 2 rings (SSSR count). The Labute approximate surface area is 67.4 Å². The van der Waals surface area contributed by atoms with Gasteiger partial charge in [-0.25, -0.2) is 4.98 Å². The van der Waals surface area contributed by atoms with Crippen LogP contribution in [-0.2, 0) is 0 Å². The lowest BCUT2D eigenvalue weighted by molar-refractivity contribution is 0.0746. The predicted molar refractivity (Wildman–Crippen MR) is 41.0 cm³/mol. The lowest BCUT2D eigenvalue weighted by atomic mass is 10.3. The second-order valence-corrected chi connectivity index (χ2v) is 2.42. The molecule has 0 amide bonds. The van der Waals surface area contributed by atoms with Crippen LogP contribution in [0.4, 0.5) is 8.78 Å². The van der Waals surface area contributed by atoms with Crippen molar-refractivity contribution in [3.63, 3.8) is 0 Å². The maximum absolute atomic E-state index is 12.3. The molecular formula is C8H6F2N2. The summed E-state index contributed by atoms with van der Waals surface area (Å²) >= 11 is 0. The highest BCUT2D eigenvalue weighted by atomic mass is 19.3. The molecule has 2 aromatic rings. The fourth-order valence-corrected chi connectivity index (χ4v) is 1.13. The third-order valence-electron chi connectivity index (χ3n) is 1.69. The lowest BCUT2D eigenvalue weighted by Crippen LogP contribution is -1.94. The Hall–Kier alpha value is -1.45. The maximum Gasteiger partial charge on any atom is 0.320 e. The molecule has 0 unspecified atom stereocenters. The van der Waals surface area contributed by atoms with E-state index in [-0.39, 0.29) is 0 Å². The van der Waals surface area contributed by atoms with Gasteiger partial charge in [-0.2, -0.15) is 8.78 Å². The third kappa shape index (κ3) is 0.958. The molecule has 0 saturated carbocycles. The molecule has 1 aromatic carbocycles. The van der Waals surface area contributed by atoms with Crippen molar-refractivity contribution in [2.45, 2.75) is 6.55 Å². The first-order chi connectivity index (χ1) is 5.79. The van der Waals surface area contributed by atoms with Gasteiger partial charge in [0.25, 0.3) is 0 Å². The zero-order chi connectivity index (χ0) is 8.55. The molecule has 0 aliphatic heterocycles. The molecule has 0 spiro atoms. The number of imidazole rings is 1. The van der Waals surface area contributed by atoms with Crippen LogP contribution in [0.1, 0.15) is 6.55 Å². The van der Waals surface area contributed by atoms with Crippen LogP contribution in [-0.4, -0.2) is 9.55 Å². The van der Waals surface area contributed by atoms with Crippen LogP contribution in [0.3, 0.4) is 0 Å². The first-order valence-electron chi connectivity index (χ1n) is 3.49. The van der Waals surface area contributed by atoms with Crippen molar-refractivity contribution in [1.29, 1.82) is 0 Å². The summed E-state index contributed by atoms with van der Waals surface area (Å²) < 4.78 is 25.3. The number of nitrogens with zero attached hydrogens (tertiary/aromatic N) is 2. The Bertz CT molecular complexity index is 395. The summed E-state index contributed by atoms with van der Waals surface area (Å²) in [6.45, 7) is -2.52. The number of hydrogen-bond acceptors (Lipinski definition) is 1. The highest BCUT2D eigenvalue weighted by Crippen LogP contribution is 2.18. The van der Waals surface area contributed by atoms with Crippen molar-refractivity contribution < 1.29 is 8.78 Å². The molecule has 0 aliphatic rings. The van der Waals surface area contributed by atoms with Crippen LogP contribution >= 0.6 is 0 Å². The average molecular weight is 168 g/mol. The number of alkyl halides is 2. The summed E-state index contributed by atoms with van der Waals surface area (Å²) in [5.74, 6) is 0. The van der Waals surface area contributed by atoms with Gasteiger partial charge >= 0.3 is 6.55 Å². The number of benzene rings is 1. The monoisotopic (exact) mass is 168 g/mol. The SMILES string of the molecule is FC(F)n1cnc2ccccc21. The van der Waals surface area contributed by atoms with Gasteiger partial charge in [0, 0.05) is 0 Å². The van der Waals surface area contributed by atoms with E-state index in [1.54, 1.807) is 24.3 Å². The predicted octanol–water partition coefficient (Wildman–Crippen LogP) is 2.43. The van der Waals surface area contributed by atoms with Crippen LogP contribution in [0.5, 0.6) is 0 Å². The van der Waals surface area contributed by atoms with E-state index in [1.807, 2.05) is 0 Å². The van der Waals surface area contributed by atoms with E-state index in [1.165, 1.54) is 0 Å². The highest BCUT2D eigenvalue weighted by Gasteiger charge is 2.08. The minimum absolute atomic E-state index is 0.465. The Morgan fingerprint density at radius 3 is 2.75 bits per heavy atom. The van der Waals surface area contributed by atoms with E-state index in [0.717, 1.165) is 10.9 Å². The number of halogens is 2. The van der Waals surface area contributed by atoms with E-state index in [0.29, 0.717) is 11.0 Å². The van der Waals surface area contributed by atoms with E-state index in [2.05, 4.69) is 4.98 Å². The summed E-state index contributed by atoms with van der Waals surface area (Å²) in [6, 6.07) is 6.80. The summed E-state index contributed by atoms with van der Waals surface area (Å²) in [6.07, 6.45) is 1.15. The van der Waals surface area contributed by atoms with E-state index in [9.17, 15) is 8.78 Å². The van der Waals surface area contributed by atoms with Crippen LogP contribution in [0.2, 0.25) is 0 Å². The quantitative estimate of drug-likeness (QED) is 0.639. The van der Waals surface area contributed by atoms with E-state index < -0.39 is 6.55 Å². The normalized spacial score (nSPS) is 11.2. The van der Waals surface area contributed by atoms with Crippen LogP contribution in [0, 0.1) is 0 Å². The molecule has 1 aromatic heterocycles. The molecule has 2 nitrogen and oxygen atoms in total. The van der Waals surface area contributed by atoms with Gasteiger partial charge in [0.05, 0.1) is 11.0 Å². The first-order valence-corrected chi connectivity index (χ1v) is 3.49. The Morgan fingerprint density at radius 2 is 2.00 bits per heavy atom. The number of aromatic nitrogens is 2.